The zero-order valence-electron chi connectivity index (χ0n) is 13.3. The van der Waals surface area contributed by atoms with Crippen molar-refractivity contribution in [2.24, 2.45) is 0 Å². The van der Waals surface area contributed by atoms with Crippen molar-refractivity contribution >= 4 is 16.9 Å². The molecule has 1 amide bonds. The summed E-state index contributed by atoms with van der Waals surface area (Å²) in [5.41, 5.74) is 2.19. The molecule has 1 aliphatic heterocycles. The lowest BCUT2D eigenvalue weighted by molar-refractivity contribution is -0.128. The molecule has 2 heterocycles. The second kappa shape index (κ2) is 6.48. The van der Waals surface area contributed by atoms with Crippen LogP contribution in [0.4, 0.5) is 0 Å². The van der Waals surface area contributed by atoms with E-state index >= 15 is 0 Å². The van der Waals surface area contributed by atoms with Gasteiger partial charge in [-0.15, -0.1) is 0 Å². The number of aryl methyl sites for hydroxylation is 1. The summed E-state index contributed by atoms with van der Waals surface area (Å²) in [5.74, 6) is 1.44. The van der Waals surface area contributed by atoms with Gasteiger partial charge in [-0.3, -0.25) is 4.79 Å². The van der Waals surface area contributed by atoms with Gasteiger partial charge in [-0.1, -0.05) is 19.1 Å². The summed E-state index contributed by atoms with van der Waals surface area (Å²) < 4.78 is 7.37. The van der Waals surface area contributed by atoms with Crippen LogP contribution in [0.15, 0.2) is 24.3 Å². The number of imidazole rings is 1. The van der Waals surface area contributed by atoms with E-state index in [9.17, 15) is 4.79 Å². The molecule has 22 heavy (non-hydrogen) atoms. The molecule has 118 valence electrons. The number of ether oxygens (including phenoxy) is 1. The highest BCUT2D eigenvalue weighted by molar-refractivity contribution is 5.80. The van der Waals surface area contributed by atoms with Crippen LogP contribution in [0, 0.1) is 0 Å². The van der Waals surface area contributed by atoms with Crippen molar-refractivity contribution in [3.8, 4) is 0 Å². The summed E-state index contributed by atoms with van der Waals surface area (Å²) in [6.07, 6.45) is 1.61. The Bertz CT molecular complexity index is 665. The minimum absolute atomic E-state index is 0.184. The Hall–Kier alpha value is -1.88. The van der Waals surface area contributed by atoms with Crippen LogP contribution < -0.4 is 0 Å². The molecule has 1 fully saturated rings. The maximum absolute atomic E-state index is 12.2. The van der Waals surface area contributed by atoms with Crippen molar-refractivity contribution in [3.63, 3.8) is 0 Å². The molecule has 3 rings (SSSR count). The summed E-state index contributed by atoms with van der Waals surface area (Å²) in [6, 6.07) is 8.22. The van der Waals surface area contributed by atoms with Crippen molar-refractivity contribution in [2.75, 3.05) is 26.8 Å². The largest absolute Gasteiger partial charge is 0.383 e. The molecular formula is C17H23N3O2. The number of amides is 1. The van der Waals surface area contributed by atoms with Crippen molar-refractivity contribution in [2.45, 2.75) is 32.2 Å². The molecule has 0 unspecified atom stereocenters. The number of rotatable bonds is 6. The van der Waals surface area contributed by atoms with Crippen LogP contribution in [0.3, 0.4) is 0 Å². The lowest BCUT2D eigenvalue weighted by Gasteiger charge is -2.16. The first-order valence-electron chi connectivity index (χ1n) is 7.96. The number of hydrogen-bond donors (Lipinski definition) is 0. The topological polar surface area (TPSA) is 47.4 Å². The van der Waals surface area contributed by atoms with Gasteiger partial charge in [0.05, 0.1) is 17.6 Å². The number of fused-ring (bicyclic) bond motifs is 1. The van der Waals surface area contributed by atoms with E-state index < -0.39 is 0 Å². The highest BCUT2D eigenvalue weighted by atomic mass is 16.5. The molecule has 1 aromatic heterocycles. The second-order valence-corrected chi connectivity index (χ2v) is 5.84. The van der Waals surface area contributed by atoms with E-state index in [4.69, 9.17) is 9.72 Å². The maximum Gasteiger partial charge on any atom is 0.223 e. The molecule has 0 spiro atoms. The number of carbonyl (C=O) groups excluding carboxylic acids is 1. The molecule has 2 aromatic rings. The molecule has 1 saturated heterocycles. The van der Waals surface area contributed by atoms with Crippen molar-refractivity contribution in [1.29, 1.82) is 0 Å². The van der Waals surface area contributed by atoms with Gasteiger partial charge in [0.25, 0.3) is 0 Å². The summed E-state index contributed by atoms with van der Waals surface area (Å²) in [6.45, 7) is 5.11. The van der Waals surface area contributed by atoms with Gasteiger partial charge < -0.3 is 14.2 Å². The molecule has 0 aliphatic carbocycles. The maximum atomic E-state index is 12.2. The normalized spacial score (nSPS) is 18.5. The van der Waals surface area contributed by atoms with E-state index in [1.165, 1.54) is 5.52 Å². The number of aromatic nitrogens is 2. The first-order chi connectivity index (χ1) is 10.7. The number of likely N-dealkylation sites (tertiary alicyclic amines) is 1. The van der Waals surface area contributed by atoms with E-state index in [2.05, 4.69) is 17.6 Å². The summed E-state index contributed by atoms with van der Waals surface area (Å²) in [5, 5.41) is 0. The van der Waals surface area contributed by atoms with Gasteiger partial charge in [0.1, 0.15) is 5.82 Å². The number of para-hydroxylation sites is 2. The summed E-state index contributed by atoms with van der Waals surface area (Å²) in [4.78, 5) is 18.9. The number of benzene rings is 1. The first-order valence-corrected chi connectivity index (χ1v) is 7.96. The summed E-state index contributed by atoms with van der Waals surface area (Å²) in [7, 11) is 1.67. The third kappa shape index (κ3) is 2.73. The lowest BCUT2D eigenvalue weighted by Crippen LogP contribution is -2.28. The van der Waals surface area contributed by atoms with Crippen molar-refractivity contribution < 1.29 is 9.53 Å². The van der Waals surface area contributed by atoms with Gasteiger partial charge in [0.15, 0.2) is 0 Å². The van der Waals surface area contributed by atoms with Crippen LogP contribution >= 0.6 is 0 Å². The molecule has 5 heteroatoms. The minimum atomic E-state index is 0.184. The van der Waals surface area contributed by atoms with Crippen molar-refractivity contribution in [1.82, 2.24) is 14.5 Å². The van der Waals surface area contributed by atoms with Crippen molar-refractivity contribution in [3.05, 3.63) is 30.1 Å². The Morgan fingerprint density at radius 1 is 1.32 bits per heavy atom. The average Bonchev–Trinajstić information content (AvgIpc) is 3.07. The minimum Gasteiger partial charge on any atom is -0.383 e. The lowest BCUT2D eigenvalue weighted by atomic mass is 10.1. The zero-order valence-corrected chi connectivity index (χ0v) is 13.3. The average molecular weight is 301 g/mol. The van der Waals surface area contributed by atoms with E-state index in [0.717, 1.165) is 30.9 Å². The fourth-order valence-corrected chi connectivity index (χ4v) is 3.23. The van der Waals surface area contributed by atoms with Gasteiger partial charge in [-0.2, -0.15) is 0 Å². The molecule has 1 atom stereocenters. The van der Waals surface area contributed by atoms with Crippen LogP contribution in [0.25, 0.3) is 11.0 Å². The van der Waals surface area contributed by atoms with Gasteiger partial charge in [0, 0.05) is 39.1 Å². The predicted octanol–water partition coefficient (Wildman–Crippen LogP) is 2.41. The molecule has 0 N–H and O–H groups in total. The number of methoxy groups -OCH3 is 1. The second-order valence-electron chi connectivity index (χ2n) is 5.84. The van der Waals surface area contributed by atoms with Crippen LogP contribution in [-0.4, -0.2) is 47.2 Å². The Kier molecular flexibility index (Phi) is 4.43. The van der Waals surface area contributed by atoms with Crippen LogP contribution in [0.5, 0.6) is 0 Å². The van der Waals surface area contributed by atoms with Gasteiger partial charge >= 0.3 is 0 Å². The van der Waals surface area contributed by atoms with Crippen LogP contribution in [0.2, 0.25) is 0 Å². The molecular weight excluding hydrogens is 278 g/mol. The first kappa shape index (κ1) is 15.0. The Labute approximate surface area is 130 Å². The molecule has 0 radical (unpaired) electrons. The van der Waals surface area contributed by atoms with E-state index in [-0.39, 0.29) is 11.8 Å². The molecule has 0 saturated carbocycles. The SMILES string of the molecule is CCCn1c([C@@H]2CC(=O)N(CCOC)C2)nc2ccccc21. The fraction of sp³-hybridized carbons (Fsp3) is 0.529. The van der Waals surface area contributed by atoms with E-state index in [0.29, 0.717) is 19.6 Å². The van der Waals surface area contributed by atoms with Gasteiger partial charge in [-0.05, 0) is 18.6 Å². The fourth-order valence-electron chi connectivity index (χ4n) is 3.23. The number of nitrogens with zero attached hydrogens (tertiary/aromatic N) is 3. The molecule has 0 bridgehead atoms. The molecule has 1 aromatic carbocycles. The molecule has 1 aliphatic rings. The quantitative estimate of drug-likeness (QED) is 0.823. The monoisotopic (exact) mass is 301 g/mol. The highest BCUT2D eigenvalue weighted by Crippen LogP contribution is 2.30. The van der Waals surface area contributed by atoms with Gasteiger partial charge in [-0.25, -0.2) is 4.98 Å². The van der Waals surface area contributed by atoms with Crippen LogP contribution in [-0.2, 0) is 16.1 Å². The van der Waals surface area contributed by atoms with Gasteiger partial charge in [0.2, 0.25) is 5.91 Å². The Balaban J connectivity index is 1.90. The Morgan fingerprint density at radius 2 is 2.14 bits per heavy atom. The predicted molar refractivity (Wildman–Crippen MR) is 85.8 cm³/mol. The standard InChI is InChI=1S/C17H23N3O2/c1-3-8-20-15-7-5-4-6-14(15)18-17(20)13-11-16(21)19(12-13)9-10-22-2/h4-7,13H,3,8-12H2,1-2H3/t13-/m1/s1. The smallest absolute Gasteiger partial charge is 0.223 e. The number of carbonyl (C=O) groups is 1. The zero-order chi connectivity index (χ0) is 15.5. The van der Waals surface area contributed by atoms with E-state index in [1.54, 1.807) is 7.11 Å². The third-order valence-corrected chi connectivity index (χ3v) is 4.28. The third-order valence-electron chi connectivity index (χ3n) is 4.28. The van der Waals surface area contributed by atoms with Crippen LogP contribution in [0.1, 0.15) is 31.5 Å². The van der Waals surface area contributed by atoms with E-state index in [1.807, 2.05) is 23.1 Å². The molecule has 5 nitrogen and oxygen atoms in total. The Morgan fingerprint density at radius 3 is 2.91 bits per heavy atom. The highest BCUT2D eigenvalue weighted by Gasteiger charge is 2.33. The summed E-state index contributed by atoms with van der Waals surface area (Å²) >= 11 is 0. The number of hydrogen-bond acceptors (Lipinski definition) is 3.